The van der Waals surface area contributed by atoms with Gasteiger partial charge >= 0.3 is 6.09 Å². The maximum atomic E-state index is 11.4. The van der Waals surface area contributed by atoms with Gasteiger partial charge in [0.1, 0.15) is 0 Å². The number of aromatic nitrogens is 1. The Morgan fingerprint density at radius 3 is 3.11 bits per heavy atom. The van der Waals surface area contributed by atoms with Crippen LogP contribution in [-0.2, 0) is 4.79 Å². The monoisotopic (exact) mass is 251 g/mol. The van der Waals surface area contributed by atoms with Gasteiger partial charge in [0.2, 0.25) is 11.8 Å². The average Bonchev–Trinajstić information content (AvgIpc) is 2.69. The van der Waals surface area contributed by atoms with Crippen molar-refractivity contribution in [3.8, 4) is 5.88 Å². The highest BCUT2D eigenvalue weighted by Gasteiger charge is 2.34. The molecule has 18 heavy (non-hydrogen) atoms. The van der Waals surface area contributed by atoms with E-state index in [1.807, 2.05) is 0 Å². The number of hydrogen-bond acceptors (Lipinski definition) is 4. The first-order valence-electron chi connectivity index (χ1n) is 5.39. The van der Waals surface area contributed by atoms with Gasteiger partial charge in [-0.2, -0.15) is 0 Å². The molecule has 1 aromatic heterocycles. The molecule has 2 amide bonds. The largest absolute Gasteiger partial charge is 0.481 e. The normalized spacial score (nSPS) is 22.4. The summed E-state index contributed by atoms with van der Waals surface area (Å²) in [5.74, 6) is 0.234. The van der Waals surface area contributed by atoms with Gasteiger partial charge in [0.25, 0.3) is 0 Å². The molecule has 0 radical (unpaired) electrons. The van der Waals surface area contributed by atoms with Crippen LogP contribution in [0.1, 0.15) is 18.0 Å². The van der Waals surface area contributed by atoms with Gasteiger partial charge in [-0.05, 0) is 11.6 Å². The van der Waals surface area contributed by atoms with Crippen molar-refractivity contribution in [1.29, 1.82) is 0 Å². The van der Waals surface area contributed by atoms with Gasteiger partial charge in [-0.1, -0.05) is 0 Å². The van der Waals surface area contributed by atoms with Crippen LogP contribution in [0.3, 0.4) is 0 Å². The number of nitrogens with one attached hydrogen (secondary N) is 2. The highest BCUT2D eigenvalue weighted by atomic mass is 16.5. The standard InChI is InChI=1S/C11H13N3O4/c1-18-9-4-6(2-3-12-9)10-7(13-11(16)17)5-8(15)14-10/h2-4,7,10,13H,5H2,1H3,(H,14,15)(H,16,17). The topological polar surface area (TPSA) is 101 Å². The molecule has 1 aromatic rings. The molecule has 0 aromatic carbocycles. The summed E-state index contributed by atoms with van der Waals surface area (Å²) in [6.07, 6.45) is 0.528. The van der Waals surface area contributed by atoms with E-state index in [2.05, 4.69) is 15.6 Å². The van der Waals surface area contributed by atoms with E-state index in [1.165, 1.54) is 7.11 Å². The predicted octanol–water partition coefficient (Wildman–Crippen LogP) is 0.287. The van der Waals surface area contributed by atoms with Crippen molar-refractivity contribution in [2.45, 2.75) is 18.5 Å². The van der Waals surface area contributed by atoms with Crippen molar-refractivity contribution in [1.82, 2.24) is 15.6 Å². The van der Waals surface area contributed by atoms with Gasteiger partial charge in [-0.25, -0.2) is 9.78 Å². The van der Waals surface area contributed by atoms with Crippen LogP contribution in [0.25, 0.3) is 0 Å². The zero-order chi connectivity index (χ0) is 13.1. The second kappa shape index (κ2) is 4.91. The van der Waals surface area contributed by atoms with Gasteiger partial charge in [-0.15, -0.1) is 0 Å². The molecule has 0 aliphatic carbocycles. The summed E-state index contributed by atoms with van der Waals surface area (Å²) in [5, 5.41) is 13.8. The number of hydrogen-bond donors (Lipinski definition) is 3. The van der Waals surface area contributed by atoms with Crippen LogP contribution in [0.2, 0.25) is 0 Å². The van der Waals surface area contributed by atoms with E-state index in [1.54, 1.807) is 18.3 Å². The highest BCUT2D eigenvalue weighted by molar-refractivity contribution is 5.81. The average molecular weight is 251 g/mol. The molecule has 7 nitrogen and oxygen atoms in total. The minimum atomic E-state index is -1.15. The molecule has 7 heteroatoms. The fourth-order valence-corrected chi connectivity index (χ4v) is 1.99. The zero-order valence-electron chi connectivity index (χ0n) is 9.71. The highest BCUT2D eigenvalue weighted by Crippen LogP contribution is 2.26. The Hall–Kier alpha value is -2.31. The molecule has 1 saturated heterocycles. The Morgan fingerprint density at radius 1 is 1.67 bits per heavy atom. The zero-order valence-corrected chi connectivity index (χ0v) is 9.71. The molecule has 2 rings (SSSR count). The van der Waals surface area contributed by atoms with Crippen LogP contribution in [0.4, 0.5) is 4.79 Å². The van der Waals surface area contributed by atoms with Gasteiger partial charge < -0.3 is 20.5 Å². The Labute approximate surface area is 103 Å². The van der Waals surface area contributed by atoms with Crippen LogP contribution in [0, 0.1) is 0 Å². The summed E-state index contributed by atoms with van der Waals surface area (Å²) in [7, 11) is 1.49. The van der Waals surface area contributed by atoms with E-state index in [9.17, 15) is 9.59 Å². The van der Waals surface area contributed by atoms with Crippen LogP contribution in [0.15, 0.2) is 18.3 Å². The van der Waals surface area contributed by atoms with Crippen molar-refractivity contribution in [3.63, 3.8) is 0 Å². The molecule has 3 N–H and O–H groups in total. The van der Waals surface area contributed by atoms with Gasteiger partial charge in [0, 0.05) is 18.7 Å². The molecule has 96 valence electrons. The molecule has 0 bridgehead atoms. The Morgan fingerprint density at radius 2 is 2.44 bits per heavy atom. The molecule has 0 spiro atoms. The second-order valence-corrected chi connectivity index (χ2v) is 3.94. The summed E-state index contributed by atoms with van der Waals surface area (Å²) in [4.78, 5) is 26.0. The number of pyridine rings is 1. The van der Waals surface area contributed by atoms with Crippen molar-refractivity contribution in [3.05, 3.63) is 23.9 Å². The first kappa shape index (κ1) is 12.2. The first-order chi connectivity index (χ1) is 8.60. The third kappa shape index (κ3) is 2.50. The summed E-state index contributed by atoms with van der Waals surface area (Å²) in [6.45, 7) is 0. The summed E-state index contributed by atoms with van der Waals surface area (Å²) in [5.41, 5.74) is 0.756. The van der Waals surface area contributed by atoms with E-state index in [4.69, 9.17) is 9.84 Å². The quantitative estimate of drug-likeness (QED) is 0.716. The Kier molecular flexibility index (Phi) is 3.31. The smallest absolute Gasteiger partial charge is 0.404 e. The lowest BCUT2D eigenvalue weighted by Crippen LogP contribution is -2.37. The van der Waals surface area contributed by atoms with Crippen molar-refractivity contribution in [2.75, 3.05) is 7.11 Å². The Balaban J connectivity index is 2.23. The van der Waals surface area contributed by atoms with E-state index >= 15 is 0 Å². The number of carboxylic acid groups (broad SMARTS) is 1. The van der Waals surface area contributed by atoms with Gasteiger partial charge in [-0.3, -0.25) is 4.79 Å². The van der Waals surface area contributed by atoms with Crippen molar-refractivity contribution in [2.24, 2.45) is 0 Å². The number of rotatable bonds is 3. The second-order valence-electron chi connectivity index (χ2n) is 3.94. The maximum absolute atomic E-state index is 11.4. The van der Waals surface area contributed by atoms with Crippen LogP contribution in [0.5, 0.6) is 5.88 Å². The Bertz CT molecular complexity index is 477. The molecule has 1 aliphatic heterocycles. The molecular weight excluding hydrogens is 238 g/mol. The predicted molar refractivity (Wildman–Crippen MR) is 61.2 cm³/mol. The van der Waals surface area contributed by atoms with Gasteiger partial charge in [0.15, 0.2) is 0 Å². The minimum Gasteiger partial charge on any atom is -0.481 e. The molecule has 2 unspecified atom stereocenters. The van der Waals surface area contributed by atoms with Crippen LogP contribution in [-0.4, -0.2) is 35.2 Å². The summed E-state index contributed by atoms with van der Waals surface area (Å²) in [6, 6.07) is 2.51. The van der Waals surface area contributed by atoms with E-state index in [0.29, 0.717) is 5.88 Å². The third-order valence-electron chi connectivity index (χ3n) is 2.76. The van der Waals surface area contributed by atoms with E-state index in [-0.39, 0.29) is 12.3 Å². The maximum Gasteiger partial charge on any atom is 0.404 e. The first-order valence-corrected chi connectivity index (χ1v) is 5.39. The minimum absolute atomic E-state index is 0.127. The number of carbonyl (C=O) groups excluding carboxylic acids is 1. The number of nitrogens with zero attached hydrogens (tertiary/aromatic N) is 1. The SMILES string of the molecule is COc1cc(C2NC(=O)CC2NC(=O)O)ccn1. The lowest BCUT2D eigenvalue weighted by molar-refractivity contribution is -0.119. The number of methoxy groups -OCH3 is 1. The number of ether oxygens (including phenoxy) is 1. The summed E-state index contributed by atoms with van der Waals surface area (Å²) < 4.78 is 5.00. The lowest BCUT2D eigenvalue weighted by atomic mass is 10.0. The van der Waals surface area contributed by atoms with Crippen molar-refractivity contribution < 1.29 is 19.4 Å². The molecule has 1 fully saturated rings. The third-order valence-corrected chi connectivity index (χ3v) is 2.76. The molecule has 0 saturated carbocycles. The van der Waals surface area contributed by atoms with Crippen molar-refractivity contribution >= 4 is 12.0 Å². The molecular formula is C11H13N3O4. The number of carbonyl (C=O) groups is 2. The van der Waals surface area contributed by atoms with E-state index < -0.39 is 18.2 Å². The number of amides is 2. The fourth-order valence-electron chi connectivity index (χ4n) is 1.99. The summed E-state index contributed by atoms with van der Waals surface area (Å²) >= 11 is 0. The fraction of sp³-hybridized carbons (Fsp3) is 0.364. The lowest BCUT2D eigenvalue weighted by Gasteiger charge is -2.19. The van der Waals surface area contributed by atoms with Crippen LogP contribution < -0.4 is 15.4 Å². The molecule has 1 aliphatic rings. The van der Waals surface area contributed by atoms with Gasteiger partial charge in [0.05, 0.1) is 19.2 Å². The van der Waals surface area contributed by atoms with E-state index in [0.717, 1.165) is 5.56 Å². The molecule has 2 atom stereocenters. The van der Waals surface area contributed by atoms with Crippen LogP contribution >= 0.6 is 0 Å². The molecule has 2 heterocycles.